The average molecular weight is 369 g/mol. The summed E-state index contributed by atoms with van der Waals surface area (Å²) >= 11 is 0. The van der Waals surface area contributed by atoms with Gasteiger partial charge < -0.3 is 10.8 Å². The molecule has 0 saturated carbocycles. The molecule has 1 heterocycles. The molecule has 0 radical (unpaired) electrons. The fourth-order valence-electron chi connectivity index (χ4n) is 3.51. The second kappa shape index (κ2) is 9.14. The zero-order valence-electron chi connectivity index (χ0n) is 17.2. The van der Waals surface area contributed by atoms with Crippen LogP contribution in [0, 0.1) is 18.8 Å². The smallest absolute Gasteiger partial charge is 0.307 e. The minimum atomic E-state index is -0.838. The van der Waals surface area contributed by atoms with Crippen molar-refractivity contribution in [2.45, 2.75) is 60.4 Å². The quantitative estimate of drug-likeness (QED) is 0.717. The molecule has 0 amide bonds. The van der Waals surface area contributed by atoms with E-state index < -0.39 is 5.97 Å². The number of nitrogens with zero attached hydrogens (tertiary/aromatic N) is 1. The minimum Gasteiger partial charge on any atom is -0.481 e. The maximum atomic E-state index is 11.6. The van der Waals surface area contributed by atoms with Crippen molar-refractivity contribution in [1.82, 2.24) is 4.98 Å². The zero-order valence-corrected chi connectivity index (χ0v) is 17.2. The van der Waals surface area contributed by atoms with Crippen LogP contribution < -0.4 is 5.73 Å². The summed E-state index contributed by atoms with van der Waals surface area (Å²) in [6.45, 7) is 11.0. The van der Waals surface area contributed by atoms with Crippen LogP contribution in [0.5, 0.6) is 0 Å². The van der Waals surface area contributed by atoms with Gasteiger partial charge in [-0.15, -0.1) is 0 Å². The monoisotopic (exact) mass is 368 g/mol. The molecule has 4 heteroatoms. The van der Waals surface area contributed by atoms with Gasteiger partial charge in [-0.25, -0.2) is 0 Å². The molecule has 2 rings (SSSR count). The first-order chi connectivity index (χ1) is 12.7. The Labute approximate surface area is 162 Å². The van der Waals surface area contributed by atoms with Gasteiger partial charge in [-0.05, 0) is 53.9 Å². The Bertz CT molecular complexity index is 793. The summed E-state index contributed by atoms with van der Waals surface area (Å²) in [4.78, 5) is 16.6. The van der Waals surface area contributed by atoms with Crippen LogP contribution >= 0.6 is 0 Å². The number of carboxylic acids is 1. The minimum absolute atomic E-state index is 0.0345. The predicted octanol–water partition coefficient (Wildman–Crippen LogP) is 4.54. The van der Waals surface area contributed by atoms with E-state index in [1.165, 1.54) is 5.56 Å². The number of benzene rings is 1. The van der Waals surface area contributed by atoms with Crippen molar-refractivity contribution in [3.05, 3.63) is 52.3 Å². The Hall–Kier alpha value is -2.20. The molecule has 0 saturated heterocycles. The first kappa shape index (κ1) is 21.1. The van der Waals surface area contributed by atoms with Crippen LogP contribution in [0.2, 0.25) is 0 Å². The lowest BCUT2D eigenvalue weighted by molar-refractivity contribution is -0.136. The lowest BCUT2D eigenvalue weighted by Gasteiger charge is -2.22. The standard InChI is InChI=1S/C23H32N2O2/c1-14(2)10-20-18(12-22(26)27)23(17-8-6-16(5)7-9-17)19(13-24)21(25-20)11-15(3)4/h6-9,14-15H,10-13,24H2,1-5H3,(H,26,27). The van der Waals surface area contributed by atoms with Crippen LogP contribution in [0.1, 0.15) is 55.8 Å². The maximum absolute atomic E-state index is 11.6. The van der Waals surface area contributed by atoms with Crippen LogP contribution in [0.25, 0.3) is 11.1 Å². The van der Waals surface area contributed by atoms with Crippen LogP contribution in [-0.2, 0) is 30.6 Å². The molecule has 0 unspecified atom stereocenters. The molecule has 3 N–H and O–H groups in total. The van der Waals surface area contributed by atoms with E-state index >= 15 is 0 Å². The summed E-state index contributed by atoms with van der Waals surface area (Å²) in [5.74, 6) is 0.00665. The largest absolute Gasteiger partial charge is 0.481 e. The molecule has 1 aromatic carbocycles. The molecule has 1 aromatic heterocycles. The molecule has 0 bridgehead atoms. The van der Waals surface area contributed by atoms with E-state index in [9.17, 15) is 9.90 Å². The number of aliphatic carboxylic acids is 1. The number of hydrogen-bond acceptors (Lipinski definition) is 3. The molecule has 4 nitrogen and oxygen atoms in total. The summed E-state index contributed by atoms with van der Waals surface area (Å²) in [5, 5.41) is 9.56. The molecule has 2 aromatic rings. The number of pyridine rings is 1. The number of nitrogens with two attached hydrogens (primary N) is 1. The van der Waals surface area contributed by atoms with E-state index in [0.717, 1.165) is 46.5 Å². The average Bonchev–Trinajstić information content (AvgIpc) is 2.56. The van der Waals surface area contributed by atoms with Crippen LogP contribution in [0.3, 0.4) is 0 Å². The molecule has 0 atom stereocenters. The van der Waals surface area contributed by atoms with Gasteiger partial charge in [0.2, 0.25) is 0 Å². The molecule has 0 fully saturated rings. The third-order valence-electron chi connectivity index (χ3n) is 4.65. The van der Waals surface area contributed by atoms with Gasteiger partial charge in [0, 0.05) is 17.9 Å². The normalized spacial score (nSPS) is 11.4. The molecule has 146 valence electrons. The number of hydrogen-bond donors (Lipinski definition) is 2. The molecule has 0 aliphatic carbocycles. The first-order valence-corrected chi connectivity index (χ1v) is 9.75. The number of aryl methyl sites for hydroxylation is 1. The Balaban J connectivity index is 2.83. The highest BCUT2D eigenvalue weighted by Gasteiger charge is 2.22. The predicted molar refractivity (Wildman–Crippen MR) is 111 cm³/mol. The van der Waals surface area contributed by atoms with Crippen LogP contribution in [0.4, 0.5) is 0 Å². The van der Waals surface area contributed by atoms with Crippen LogP contribution in [0.15, 0.2) is 24.3 Å². The van der Waals surface area contributed by atoms with Crippen molar-refractivity contribution >= 4 is 5.97 Å². The fraction of sp³-hybridized carbons (Fsp3) is 0.478. The summed E-state index contributed by atoms with van der Waals surface area (Å²) in [7, 11) is 0. The summed E-state index contributed by atoms with van der Waals surface area (Å²) in [6.07, 6.45) is 1.56. The number of carboxylic acid groups (broad SMARTS) is 1. The Kier molecular flexibility index (Phi) is 7.14. The maximum Gasteiger partial charge on any atom is 0.307 e. The molecule has 27 heavy (non-hydrogen) atoms. The SMILES string of the molecule is Cc1ccc(-c2c(CN)c(CC(C)C)nc(CC(C)C)c2CC(=O)O)cc1. The van der Waals surface area contributed by atoms with Crippen molar-refractivity contribution in [3.8, 4) is 11.1 Å². The van der Waals surface area contributed by atoms with Crippen molar-refractivity contribution in [3.63, 3.8) is 0 Å². The number of rotatable bonds is 8. The van der Waals surface area contributed by atoms with Crippen molar-refractivity contribution in [1.29, 1.82) is 0 Å². The van der Waals surface area contributed by atoms with Gasteiger partial charge in [-0.2, -0.15) is 0 Å². The van der Waals surface area contributed by atoms with Gasteiger partial charge in [0.15, 0.2) is 0 Å². The van der Waals surface area contributed by atoms with Gasteiger partial charge in [0.1, 0.15) is 0 Å². The molecule has 0 aliphatic rings. The van der Waals surface area contributed by atoms with Crippen molar-refractivity contribution in [2.24, 2.45) is 17.6 Å². The number of carbonyl (C=O) groups is 1. The van der Waals surface area contributed by atoms with E-state index in [-0.39, 0.29) is 6.42 Å². The molecular formula is C23H32N2O2. The van der Waals surface area contributed by atoms with E-state index in [1.54, 1.807) is 0 Å². The molecule has 0 spiro atoms. The van der Waals surface area contributed by atoms with Gasteiger partial charge in [-0.1, -0.05) is 57.5 Å². The van der Waals surface area contributed by atoms with Gasteiger partial charge >= 0.3 is 5.97 Å². The molecule has 0 aliphatic heterocycles. The van der Waals surface area contributed by atoms with Crippen molar-refractivity contribution in [2.75, 3.05) is 0 Å². The van der Waals surface area contributed by atoms with E-state index in [1.807, 2.05) is 6.92 Å². The summed E-state index contributed by atoms with van der Waals surface area (Å²) < 4.78 is 0. The fourth-order valence-corrected chi connectivity index (χ4v) is 3.51. The summed E-state index contributed by atoms with van der Waals surface area (Å²) in [6, 6.07) is 8.25. The highest BCUT2D eigenvalue weighted by atomic mass is 16.4. The van der Waals surface area contributed by atoms with Crippen LogP contribution in [-0.4, -0.2) is 16.1 Å². The lowest BCUT2D eigenvalue weighted by atomic mass is 9.87. The third-order valence-corrected chi connectivity index (χ3v) is 4.65. The van der Waals surface area contributed by atoms with Gasteiger partial charge in [0.05, 0.1) is 6.42 Å². The highest BCUT2D eigenvalue weighted by Crippen LogP contribution is 2.34. The Morgan fingerprint density at radius 2 is 1.52 bits per heavy atom. The summed E-state index contributed by atoms with van der Waals surface area (Å²) in [5.41, 5.74) is 13.0. The van der Waals surface area contributed by atoms with E-state index in [2.05, 4.69) is 52.0 Å². The topological polar surface area (TPSA) is 76.2 Å². The second-order valence-electron chi connectivity index (χ2n) is 8.17. The number of aromatic nitrogens is 1. The highest BCUT2D eigenvalue weighted by molar-refractivity contribution is 5.79. The second-order valence-corrected chi connectivity index (χ2v) is 8.17. The van der Waals surface area contributed by atoms with Gasteiger partial charge in [-0.3, -0.25) is 9.78 Å². The lowest BCUT2D eigenvalue weighted by Crippen LogP contribution is -2.17. The van der Waals surface area contributed by atoms with Crippen molar-refractivity contribution < 1.29 is 9.90 Å². The van der Waals surface area contributed by atoms with Gasteiger partial charge in [0.25, 0.3) is 0 Å². The first-order valence-electron chi connectivity index (χ1n) is 9.75. The Morgan fingerprint density at radius 3 is 1.96 bits per heavy atom. The Morgan fingerprint density at radius 1 is 1.00 bits per heavy atom. The van der Waals surface area contributed by atoms with E-state index in [0.29, 0.717) is 18.4 Å². The van der Waals surface area contributed by atoms with E-state index in [4.69, 9.17) is 10.7 Å². The third kappa shape index (κ3) is 5.39. The zero-order chi connectivity index (χ0) is 20.1. The molecular weight excluding hydrogens is 336 g/mol.